The van der Waals surface area contributed by atoms with Crippen LogP contribution in [-0.4, -0.2) is 11.9 Å². The molecule has 0 saturated heterocycles. The molecule has 61 valence electrons. The molecule has 2 saturated carbocycles. The summed E-state index contributed by atoms with van der Waals surface area (Å²) in [5, 5.41) is 3.06. The summed E-state index contributed by atoms with van der Waals surface area (Å²) in [5.74, 6) is 1.34. The van der Waals surface area contributed by atoms with E-state index < -0.39 is 0 Å². The smallest absolute Gasteiger partial charge is 0.227 e. The average molecular weight is 152 g/mol. The molecule has 11 heavy (non-hydrogen) atoms. The molecule has 0 aromatic carbocycles. The molecular formula is C9H14NO. The van der Waals surface area contributed by atoms with Gasteiger partial charge in [0, 0.05) is 6.04 Å². The number of rotatable bonds is 2. The molecule has 0 unspecified atom stereocenters. The highest BCUT2D eigenvalue weighted by molar-refractivity contribution is 5.93. The molecule has 1 radical (unpaired) electrons. The molecule has 0 aliphatic heterocycles. The van der Waals surface area contributed by atoms with E-state index in [9.17, 15) is 4.79 Å². The van der Waals surface area contributed by atoms with Crippen molar-refractivity contribution in [1.82, 2.24) is 5.32 Å². The Hall–Kier alpha value is -0.530. The van der Waals surface area contributed by atoms with Crippen LogP contribution in [0.3, 0.4) is 0 Å². The highest BCUT2D eigenvalue weighted by Gasteiger charge is 2.32. The Labute approximate surface area is 67.4 Å². The summed E-state index contributed by atoms with van der Waals surface area (Å²) in [6.45, 7) is 0. The van der Waals surface area contributed by atoms with E-state index >= 15 is 0 Å². The molecule has 0 spiro atoms. The van der Waals surface area contributed by atoms with Crippen LogP contribution < -0.4 is 5.32 Å². The van der Waals surface area contributed by atoms with Crippen molar-refractivity contribution in [2.75, 3.05) is 0 Å². The zero-order valence-electron chi connectivity index (χ0n) is 6.73. The van der Waals surface area contributed by atoms with Gasteiger partial charge in [-0.25, -0.2) is 0 Å². The highest BCUT2D eigenvalue weighted by Crippen LogP contribution is 2.32. The maximum atomic E-state index is 11.2. The number of carbonyl (C=O) groups excluding carboxylic acids is 1. The summed E-state index contributed by atoms with van der Waals surface area (Å²) in [6.07, 6.45) is 7.05. The molecule has 2 nitrogen and oxygen atoms in total. The van der Waals surface area contributed by atoms with E-state index in [1.165, 1.54) is 25.7 Å². The van der Waals surface area contributed by atoms with Crippen molar-refractivity contribution in [3.63, 3.8) is 0 Å². The van der Waals surface area contributed by atoms with Gasteiger partial charge in [-0.1, -0.05) is 12.8 Å². The SMILES string of the molecule is O=C(NC1CCCC1)[C]1CC1. The second-order valence-corrected chi connectivity index (χ2v) is 3.56. The van der Waals surface area contributed by atoms with Gasteiger partial charge >= 0.3 is 0 Å². The van der Waals surface area contributed by atoms with Gasteiger partial charge in [0.2, 0.25) is 5.91 Å². The van der Waals surface area contributed by atoms with Crippen LogP contribution in [0.1, 0.15) is 38.5 Å². The lowest BCUT2D eigenvalue weighted by molar-refractivity contribution is -0.119. The first kappa shape index (κ1) is 7.14. The van der Waals surface area contributed by atoms with E-state index in [4.69, 9.17) is 0 Å². The lowest BCUT2D eigenvalue weighted by Crippen LogP contribution is -2.33. The van der Waals surface area contributed by atoms with E-state index in [0.29, 0.717) is 6.04 Å². The fraction of sp³-hybridized carbons (Fsp3) is 0.778. The van der Waals surface area contributed by atoms with E-state index in [0.717, 1.165) is 18.8 Å². The van der Waals surface area contributed by atoms with Gasteiger partial charge in [0.25, 0.3) is 0 Å². The fourth-order valence-corrected chi connectivity index (χ4v) is 1.65. The quantitative estimate of drug-likeness (QED) is 0.637. The molecule has 0 atom stereocenters. The van der Waals surface area contributed by atoms with Gasteiger partial charge in [0.1, 0.15) is 0 Å². The van der Waals surface area contributed by atoms with Gasteiger partial charge in [-0.05, 0) is 25.7 Å². The first-order valence-corrected chi connectivity index (χ1v) is 4.52. The lowest BCUT2D eigenvalue weighted by Gasteiger charge is -2.10. The minimum absolute atomic E-state index is 0.233. The zero-order chi connectivity index (χ0) is 7.68. The standard InChI is InChI=1S/C9H14NO/c11-9(7-5-6-7)10-8-3-1-2-4-8/h8H,1-6H2,(H,10,11). The molecule has 2 aliphatic carbocycles. The van der Waals surface area contributed by atoms with Crippen LogP contribution in [-0.2, 0) is 4.79 Å². The summed E-state index contributed by atoms with van der Waals surface area (Å²) >= 11 is 0. The van der Waals surface area contributed by atoms with Crippen molar-refractivity contribution in [2.24, 2.45) is 0 Å². The number of hydrogen-bond donors (Lipinski definition) is 1. The molecule has 2 aliphatic rings. The molecular weight excluding hydrogens is 138 g/mol. The van der Waals surface area contributed by atoms with Crippen LogP contribution in [0.2, 0.25) is 0 Å². The minimum atomic E-state index is 0.233. The number of amides is 1. The maximum Gasteiger partial charge on any atom is 0.227 e. The molecule has 0 bridgehead atoms. The van der Waals surface area contributed by atoms with Gasteiger partial charge in [-0.2, -0.15) is 0 Å². The Morgan fingerprint density at radius 1 is 1.27 bits per heavy atom. The van der Waals surface area contributed by atoms with Crippen LogP contribution in [0.15, 0.2) is 0 Å². The van der Waals surface area contributed by atoms with E-state index in [1.54, 1.807) is 0 Å². The molecule has 2 rings (SSSR count). The van der Waals surface area contributed by atoms with Gasteiger partial charge in [0.05, 0.1) is 5.92 Å². The monoisotopic (exact) mass is 152 g/mol. The molecule has 0 aromatic heterocycles. The van der Waals surface area contributed by atoms with Crippen molar-refractivity contribution < 1.29 is 4.79 Å². The molecule has 0 aromatic rings. The van der Waals surface area contributed by atoms with Crippen molar-refractivity contribution in [2.45, 2.75) is 44.6 Å². The maximum absolute atomic E-state index is 11.2. The average Bonchev–Trinajstić information content (AvgIpc) is 2.73. The Kier molecular flexibility index (Phi) is 1.84. The van der Waals surface area contributed by atoms with Crippen molar-refractivity contribution >= 4 is 5.91 Å². The van der Waals surface area contributed by atoms with Crippen LogP contribution in [0.25, 0.3) is 0 Å². The molecule has 1 amide bonds. The first-order chi connectivity index (χ1) is 5.36. The molecule has 2 heteroatoms. The minimum Gasteiger partial charge on any atom is -0.353 e. The second kappa shape index (κ2) is 2.84. The lowest BCUT2D eigenvalue weighted by atomic mass is 10.2. The van der Waals surface area contributed by atoms with Gasteiger partial charge in [-0.3, -0.25) is 4.79 Å². The van der Waals surface area contributed by atoms with E-state index in [2.05, 4.69) is 5.32 Å². The van der Waals surface area contributed by atoms with Crippen molar-refractivity contribution in [3.8, 4) is 0 Å². The Morgan fingerprint density at radius 3 is 2.45 bits per heavy atom. The molecule has 0 heterocycles. The highest BCUT2D eigenvalue weighted by atomic mass is 16.2. The number of hydrogen-bond acceptors (Lipinski definition) is 1. The topological polar surface area (TPSA) is 29.1 Å². The Bertz CT molecular complexity index is 157. The summed E-state index contributed by atoms with van der Waals surface area (Å²) in [6, 6.07) is 0.496. The van der Waals surface area contributed by atoms with Crippen LogP contribution in [0, 0.1) is 5.92 Å². The summed E-state index contributed by atoms with van der Waals surface area (Å²) in [7, 11) is 0. The third-order valence-corrected chi connectivity index (χ3v) is 2.51. The van der Waals surface area contributed by atoms with Crippen LogP contribution in [0.5, 0.6) is 0 Å². The van der Waals surface area contributed by atoms with Crippen LogP contribution in [0.4, 0.5) is 0 Å². The van der Waals surface area contributed by atoms with Gasteiger partial charge in [-0.15, -0.1) is 0 Å². The predicted octanol–water partition coefficient (Wildman–Crippen LogP) is 1.41. The summed E-state index contributed by atoms with van der Waals surface area (Å²) in [4.78, 5) is 11.2. The van der Waals surface area contributed by atoms with Gasteiger partial charge < -0.3 is 5.32 Å². The molecule has 2 fully saturated rings. The third-order valence-electron chi connectivity index (χ3n) is 2.51. The van der Waals surface area contributed by atoms with E-state index in [1.807, 2.05) is 0 Å². The number of carbonyl (C=O) groups is 1. The zero-order valence-corrected chi connectivity index (χ0v) is 6.73. The number of nitrogens with one attached hydrogen (secondary N) is 1. The predicted molar refractivity (Wildman–Crippen MR) is 42.9 cm³/mol. The molecule has 1 N–H and O–H groups in total. The largest absolute Gasteiger partial charge is 0.353 e. The van der Waals surface area contributed by atoms with Crippen molar-refractivity contribution in [3.05, 3.63) is 5.92 Å². The van der Waals surface area contributed by atoms with Crippen molar-refractivity contribution in [1.29, 1.82) is 0 Å². The first-order valence-electron chi connectivity index (χ1n) is 4.52. The second-order valence-electron chi connectivity index (χ2n) is 3.56. The third kappa shape index (κ3) is 1.73. The van der Waals surface area contributed by atoms with Crippen LogP contribution >= 0.6 is 0 Å². The summed E-state index contributed by atoms with van der Waals surface area (Å²) in [5.41, 5.74) is 0. The Morgan fingerprint density at radius 2 is 1.91 bits per heavy atom. The fourth-order valence-electron chi connectivity index (χ4n) is 1.65. The summed E-state index contributed by atoms with van der Waals surface area (Å²) < 4.78 is 0. The van der Waals surface area contributed by atoms with E-state index in [-0.39, 0.29) is 5.91 Å². The Balaban J connectivity index is 1.74. The van der Waals surface area contributed by atoms with Gasteiger partial charge in [0.15, 0.2) is 0 Å². The normalized spacial score (nSPS) is 25.5.